The van der Waals surface area contributed by atoms with Gasteiger partial charge in [0.15, 0.2) is 17.6 Å². The molecule has 1 fully saturated rings. The van der Waals surface area contributed by atoms with E-state index >= 15 is 0 Å². The van der Waals surface area contributed by atoms with Gasteiger partial charge >= 0.3 is 0 Å². The number of fused-ring (bicyclic) bond motifs is 1. The van der Waals surface area contributed by atoms with Crippen LogP contribution in [0.3, 0.4) is 0 Å². The van der Waals surface area contributed by atoms with E-state index in [1.54, 1.807) is 37.3 Å². The first-order valence-electron chi connectivity index (χ1n) is 14.4. The lowest BCUT2D eigenvalue weighted by molar-refractivity contribution is -0.147. The van der Waals surface area contributed by atoms with E-state index < -0.39 is 34.7 Å². The summed E-state index contributed by atoms with van der Waals surface area (Å²) in [5, 5.41) is 27.5. The maximum atomic E-state index is 14.0. The predicted molar refractivity (Wildman–Crippen MR) is 167 cm³/mol. The van der Waals surface area contributed by atoms with Gasteiger partial charge in [0.2, 0.25) is 12.7 Å². The summed E-state index contributed by atoms with van der Waals surface area (Å²) in [5.41, 5.74) is 3.29. The fourth-order valence-corrected chi connectivity index (χ4v) is 6.66. The molecule has 0 aromatic heterocycles. The Morgan fingerprint density at radius 2 is 1.80 bits per heavy atom. The lowest BCUT2D eigenvalue weighted by Crippen LogP contribution is -2.58. The summed E-state index contributed by atoms with van der Waals surface area (Å²) in [6.07, 6.45) is -1.59. The van der Waals surface area contributed by atoms with Crippen molar-refractivity contribution in [2.24, 2.45) is 0 Å². The first-order valence-corrected chi connectivity index (χ1v) is 15.4. The number of carbonyl (C=O) groups is 3. The van der Waals surface area contributed by atoms with Gasteiger partial charge in [0.1, 0.15) is 11.8 Å². The molecule has 44 heavy (non-hydrogen) atoms. The Kier molecular flexibility index (Phi) is 9.07. The number of hydrogen-bond donors (Lipinski definition) is 4. The fourth-order valence-electron chi connectivity index (χ4n) is 5.52. The molecular formula is C33H37N3O7S. The van der Waals surface area contributed by atoms with Crippen molar-refractivity contribution in [2.45, 2.75) is 63.6 Å². The zero-order valence-corrected chi connectivity index (χ0v) is 25.9. The topological polar surface area (TPSA) is 137 Å². The van der Waals surface area contributed by atoms with Crippen LogP contribution in [0.5, 0.6) is 17.2 Å². The molecule has 0 bridgehead atoms. The molecule has 0 saturated carbocycles. The molecule has 4 N–H and O–H groups in total. The van der Waals surface area contributed by atoms with Crippen molar-refractivity contribution in [3.63, 3.8) is 0 Å². The molecule has 5 rings (SSSR count). The minimum atomic E-state index is -1.68. The number of rotatable bonds is 9. The lowest BCUT2D eigenvalue weighted by atomic mass is 9.96. The van der Waals surface area contributed by atoms with Gasteiger partial charge in [-0.05, 0) is 75.1 Å². The molecule has 1 saturated heterocycles. The molecule has 232 valence electrons. The summed E-state index contributed by atoms with van der Waals surface area (Å²) < 4.78 is 10.3. The van der Waals surface area contributed by atoms with Gasteiger partial charge in [-0.15, -0.1) is 11.8 Å². The number of hydrogen-bond acceptors (Lipinski definition) is 8. The SMILES string of the molecule is Cc1ccccc1CNC(=O)[C@H]1N(C(=O)[C@@H](O)[C@H](Cc2ccc3c(c2)OCO3)NC(=O)c2cccc(O)c2C)CSC1(C)C. The molecule has 10 nitrogen and oxygen atoms in total. The summed E-state index contributed by atoms with van der Waals surface area (Å²) in [5.74, 6) is -0.287. The largest absolute Gasteiger partial charge is 0.508 e. The first kappa shape index (κ1) is 31.2. The van der Waals surface area contributed by atoms with Crippen molar-refractivity contribution in [1.82, 2.24) is 15.5 Å². The number of aliphatic hydroxyl groups excluding tert-OH is 1. The number of nitrogens with zero attached hydrogens (tertiary/aromatic N) is 1. The van der Waals surface area contributed by atoms with Gasteiger partial charge < -0.3 is 35.2 Å². The quantitative estimate of drug-likeness (QED) is 0.286. The average Bonchev–Trinajstić information content (AvgIpc) is 3.59. The van der Waals surface area contributed by atoms with Crippen molar-refractivity contribution < 1.29 is 34.1 Å². The van der Waals surface area contributed by atoms with Crippen molar-refractivity contribution in [3.05, 3.63) is 88.5 Å². The Morgan fingerprint density at radius 1 is 1.05 bits per heavy atom. The molecule has 0 unspecified atom stereocenters. The number of aromatic hydroxyl groups is 1. The summed E-state index contributed by atoms with van der Waals surface area (Å²) in [7, 11) is 0. The molecule has 0 spiro atoms. The number of nitrogens with one attached hydrogen (secondary N) is 2. The average molecular weight is 620 g/mol. The van der Waals surface area contributed by atoms with Gasteiger partial charge in [-0.1, -0.05) is 36.4 Å². The third-order valence-electron chi connectivity index (χ3n) is 8.18. The minimum absolute atomic E-state index is 0.0440. The second-order valence-electron chi connectivity index (χ2n) is 11.6. The standard InChI is InChI=1S/C33H37N3O7S/c1-19-8-5-6-9-22(19)16-34-31(40)29-33(3,4)44-17-36(29)32(41)28(38)24(14-21-12-13-26-27(15-21)43-18-42-26)35-30(39)23-10-7-11-25(37)20(23)2/h5-13,15,24,28-29,37-38H,14,16-18H2,1-4H3,(H,34,40)(H,35,39)/t24-,28-,29+/m0/s1. The van der Waals surface area contributed by atoms with Crippen molar-refractivity contribution >= 4 is 29.5 Å². The van der Waals surface area contributed by atoms with E-state index in [-0.39, 0.29) is 36.3 Å². The highest BCUT2D eigenvalue weighted by molar-refractivity contribution is 8.00. The summed E-state index contributed by atoms with van der Waals surface area (Å²) in [6, 6.07) is 15.7. The third kappa shape index (κ3) is 6.48. The number of phenols is 1. The lowest BCUT2D eigenvalue weighted by Gasteiger charge is -2.33. The number of aliphatic hydroxyl groups is 1. The molecule has 2 aliphatic rings. The molecule has 3 atom stereocenters. The van der Waals surface area contributed by atoms with Crippen LogP contribution in [0.15, 0.2) is 60.7 Å². The second kappa shape index (κ2) is 12.8. The second-order valence-corrected chi connectivity index (χ2v) is 13.2. The fraction of sp³-hybridized carbons (Fsp3) is 0.364. The number of phenolic OH excluding ortho intramolecular Hbond substituents is 1. The Labute approximate surface area is 260 Å². The Morgan fingerprint density at radius 3 is 2.57 bits per heavy atom. The summed E-state index contributed by atoms with van der Waals surface area (Å²) >= 11 is 1.45. The van der Waals surface area contributed by atoms with Gasteiger partial charge in [-0.3, -0.25) is 14.4 Å². The van der Waals surface area contributed by atoms with Crippen molar-refractivity contribution in [2.75, 3.05) is 12.7 Å². The van der Waals surface area contributed by atoms with Crippen LogP contribution >= 0.6 is 11.8 Å². The van der Waals surface area contributed by atoms with Crippen LogP contribution in [0.2, 0.25) is 0 Å². The highest BCUT2D eigenvalue weighted by Crippen LogP contribution is 2.40. The smallest absolute Gasteiger partial charge is 0.254 e. The van der Waals surface area contributed by atoms with Crippen LogP contribution in [0, 0.1) is 13.8 Å². The van der Waals surface area contributed by atoms with E-state index in [9.17, 15) is 24.6 Å². The van der Waals surface area contributed by atoms with E-state index in [1.807, 2.05) is 45.0 Å². The summed E-state index contributed by atoms with van der Waals surface area (Å²) in [4.78, 5) is 42.3. The van der Waals surface area contributed by atoms with Gasteiger partial charge in [-0.25, -0.2) is 0 Å². The van der Waals surface area contributed by atoms with E-state index in [0.29, 0.717) is 29.2 Å². The van der Waals surface area contributed by atoms with Crippen LogP contribution in [-0.2, 0) is 22.6 Å². The number of ether oxygens (including phenoxy) is 2. The molecule has 2 heterocycles. The van der Waals surface area contributed by atoms with Crippen LogP contribution in [0.1, 0.15) is 46.5 Å². The Balaban J connectivity index is 1.39. The Hall–Kier alpha value is -4.22. The van der Waals surface area contributed by atoms with Crippen LogP contribution in [0.25, 0.3) is 0 Å². The zero-order chi connectivity index (χ0) is 31.6. The highest BCUT2D eigenvalue weighted by Gasteiger charge is 2.49. The molecule has 3 amide bonds. The molecular weight excluding hydrogens is 582 g/mol. The number of amides is 3. The number of benzene rings is 3. The van der Waals surface area contributed by atoms with E-state index in [1.165, 1.54) is 22.7 Å². The normalized spacial score (nSPS) is 18.0. The van der Waals surface area contributed by atoms with E-state index in [4.69, 9.17) is 9.47 Å². The molecule has 11 heteroatoms. The number of carbonyl (C=O) groups excluding carboxylic acids is 3. The van der Waals surface area contributed by atoms with Crippen LogP contribution in [-0.4, -0.2) is 68.4 Å². The van der Waals surface area contributed by atoms with Crippen LogP contribution < -0.4 is 20.1 Å². The minimum Gasteiger partial charge on any atom is -0.508 e. The first-order chi connectivity index (χ1) is 21.0. The molecule has 3 aromatic rings. The van der Waals surface area contributed by atoms with Gasteiger partial charge in [-0.2, -0.15) is 0 Å². The number of aryl methyl sites for hydroxylation is 1. The number of thioether (sulfide) groups is 1. The van der Waals surface area contributed by atoms with Crippen molar-refractivity contribution in [1.29, 1.82) is 0 Å². The zero-order valence-electron chi connectivity index (χ0n) is 25.1. The summed E-state index contributed by atoms with van der Waals surface area (Å²) in [6.45, 7) is 7.77. The van der Waals surface area contributed by atoms with E-state index in [2.05, 4.69) is 10.6 Å². The van der Waals surface area contributed by atoms with E-state index in [0.717, 1.165) is 11.1 Å². The molecule has 3 aromatic carbocycles. The van der Waals surface area contributed by atoms with Gasteiger partial charge in [0.25, 0.3) is 11.8 Å². The monoisotopic (exact) mass is 619 g/mol. The molecule has 2 aliphatic heterocycles. The van der Waals surface area contributed by atoms with Gasteiger partial charge in [0.05, 0.1) is 11.9 Å². The maximum absolute atomic E-state index is 14.0. The van der Waals surface area contributed by atoms with Crippen LogP contribution in [0.4, 0.5) is 0 Å². The maximum Gasteiger partial charge on any atom is 0.254 e. The van der Waals surface area contributed by atoms with Gasteiger partial charge in [0, 0.05) is 22.4 Å². The Bertz CT molecular complexity index is 1580. The predicted octanol–water partition coefficient (Wildman–Crippen LogP) is 3.44. The molecule has 0 radical (unpaired) electrons. The highest BCUT2D eigenvalue weighted by atomic mass is 32.2. The van der Waals surface area contributed by atoms with Crippen molar-refractivity contribution in [3.8, 4) is 17.2 Å². The third-order valence-corrected chi connectivity index (χ3v) is 9.56. The molecule has 0 aliphatic carbocycles.